The largest absolute Gasteiger partial charge is 0.425 e. The van der Waals surface area contributed by atoms with Crippen LogP contribution in [-0.4, -0.2) is 5.97 Å². The quantitative estimate of drug-likeness (QED) is 0.508. The van der Waals surface area contributed by atoms with Crippen molar-refractivity contribution in [2.45, 2.75) is 6.42 Å². The first-order chi connectivity index (χ1) is 10.2. The second kappa shape index (κ2) is 6.10. The van der Waals surface area contributed by atoms with Crippen LogP contribution in [0, 0.1) is 0 Å². The summed E-state index contributed by atoms with van der Waals surface area (Å²) in [7, 11) is 0. The van der Waals surface area contributed by atoms with Crippen molar-refractivity contribution in [2.75, 3.05) is 0 Å². The molecular formula is C18H13BrO2. The van der Waals surface area contributed by atoms with Crippen LogP contribution in [0.3, 0.4) is 0 Å². The minimum atomic E-state index is -0.266. The Hall–Kier alpha value is -2.13. The zero-order chi connectivity index (χ0) is 14.7. The van der Waals surface area contributed by atoms with Crippen LogP contribution in [0.2, 0.25) is 0 Å². The molecule has 0 aromatic heterocycles. The summed E-state index contributed by atoms with van der Waals surface area (Å²) in [4.78, 5) is 12.0. The first-order valence-corrected chi connectivity index (χ1v) is 7.45. The maximum atomic E-state index is 12.0. The van der Waals surface area contributed by atoms with Crippen LogP contribution in [0.5, 0.6) is 5.75 Å². The third kappa shape index (κ3) is 3.14. The first kappa shape index (κ1) is 13.8. The van der Waals surface area contributed by atoms with E-state index in [0.29, 0.717) is 5.75 Å². The second-order valence-corrected chi connectivity index (χ2v) is 5.53. The molecule has 3 heteroatoms. The van der Waals surface area contributed by atoms with Crippen LogP contribution in [0.4, 0.5) is 0 Å². The summed E-state index contributed by atoms with van der Waals surface area (Å²) in [5.41, 5.74) is 0.944. The molecule has 0 heterocycles. The van der Waals surface area contributed by atoms with Gasteiger partial charge in [-0.3, -0.25) is 4.79 Å². The van der Waals surface area contributed by atoms with E-state index in [2.05, 4.69) is 15.9 Å². The van der Waals surface area contributed by atoms with Crippen LogP contribution in [-0.2, 0) is 11.2 Å². The SMILES string of the molecule is O=C(Cc1ccccc1)Oc1ccc2ccccc2c1Br. The normalized spacial score (nSPS) is 10.5. The molecule has 0 bridgehead atoms. The summed E-state index contributed by atoms with van der Waals surface area (Å²) in [5, 5.41) is 2.13. The highest BCUT2D eigenvalue weighted by Crippen LogP contribution is 2.33. The van der Waals surface area contributed by atoms with E-state index in [-0.39, 0.29) is 12.4 Å². The van der Waals surface area contributed by atoms with Crippen molar-refractivity contribution in [1.82, 2.24) is 0 Å². The molecule has 0 spiro atoms. The average Bonchev–Trinajstić information content (AvgIpc) is 2.51. The van der Waals surface area contributed by atoms with Gasteiger partial charge in [0.25, 0.3) is 0 Å². The lowest BCUT2D eigenvalue weighted by Gasteiger charge is -2.09. The Morgan fingerprint density at radius 2 is 1.62 bits per heavy atom. The molecule has 0 fully saturated rings. The minimum Gasteiger partial charge on any atom is -0.425 e. The minimum absolute atomic E-state index is 0.264. The standard InChI is InChI=1S/C18H13BrO2/c19-18-15-9-5-4-8-14(15)10-11-16(18)21-17(20)12-13-6-2-1-3-7-13/h1-11H,12H2. The van der Waals surface area contributed by atoms with Gasteiger partial charge < -0.3 is 4.74 Å². The average molecular weight is 341 g/mol. The van der Waals surface area contributed by atoms with Crippen molar-refractivity contribution in [2.24, 2.45) is 0 Å². The van der Waals surface area contributed by atoms with Crippen LogP contribution < -0.4 is 4.74 Å². The highest BCUT2D eigenvalue weighted by atomic mass is 79.9. The second-order valence-electron chi connectivity index (χ2n) is 4.74. The zero-order valence-electron chi connectivity index (χ0n) is 11.3. The Labute approximate surface area is 131 Å². The van der Waals surface area contributed by atoms with E-state index < -0.39 is 0 Å². The molecule has 0 radical (unpaired) electrons. The number of hydrogen-bond acceptors (Lipinski definition) is 2. The molecule has 21 heavy (non-hydrogen) atoms. The zero-order valence-corrected chi connectivity index (χ0v) is 12.8. The Morgan fingerprint density at radius 1 is 0.905 bits per heavy atom. The smallest absolute Gasteiger partial charge is 0.315 e. The van der Waals surface area contributed by atoms with Crippen LogP contribution in [0.15, 0.2) is 71.2 Å². The highest BCUT2D eigenvalue weighted by molar-refractivity contribution is 9.10. The fraction of sp³-hybridized carbons (Fsp3) is 0.0556. The number of esters is 1. The van der Waals surface area contributed by atoms with Crippen molar-refractivity contribution in [1.29, 1.82) is 0 Å². The van der Waals surface area contributed by atoms with Gasteiger partial charge in [-0.05, 0) is 38.3 Å². The molecule has 0 unspecified atom stereocenters. The molecule has 0 aliphatic rings. The third-order valence-corrected chi connectivity index (χ3v) is 4.06. The number of rotatable bonds is 3. The molecule has 2 nitrogen and oxygen atoms in total. The Balaban J connectivity index is 1.82. The number of ether oxygens (including phenoxy) is 1. The molecule has 3 aromatic carbocycles. The highest BCUT2D eigenvalue weighted by Gasteiger charge is 2.11. The number of hydrogen-bond donors (Lipinski definition) is 0. The van der Waals surface area contributed by atoms with E-state index in [1.807, 2.05) is 66.7 Å². The molecule has 0 atom stereocenters. The van der Waals surface area contributed by atoms with E-state index >= 15 is 0 Å². The summed E-state index contributed by atoms with van der Waals surface area (Å²) in [5.74, 6) is 0.284. The van der Waals surface area contributed by atoms with Gasteiger partial charge in [-0.15, -0.1) is 0 Å². The van der Waals surface area contributed by atoms with Gasteiger partial charge in [0.15, 0.2) is 0 Å². The van der Waals surface area contributed by atoms with Crippen LogP contribution in [0.1, 0.15) is 5.56 Å². The molecular weight excluding hydrogens is 328 g/mol. The van der Waals surface area contributed by atoms with Gasteiger partial charge >= 0.3 is 5.97 Å². The molecule has 0 saturated carbocycles. The van der Waals surface area contributed by atoms with Crippen LogP contribution >= 0.6 is 15.9 Å². The van der Waals surface area contributed by atoms with Gasteiger partial charge in [0.2, 0.25) is 0 Å². The van der Waals surface area contributed by atoms with Gasteiger partial charge in [0.1, 0.15) is 5.75 Å². The lowest BCUT2D eigenvalue weighted by Crippen LogP contribution is -2.11. The van der Waals surface area contributed by atoms with E-state index in [1.165, 1.54) is 0 Å². The van der Waals surface area contributed by atoms with Gasteiger partial charge in [0.05, 0.1) is 10.9 Å². The molecule has 3 rings (SSSR count). The fourth-order valence-electron chi connectivity index (χ4n) is 2.21. The van der Waals surface area contributed by atoms with Crippen molar-refractivity contribution in [3.05, 3.63) is 76.8 Å². The van der Waals surface area contributed by atoms with Gasteiger partial charge in [-0.1, -0.05) is 60.7 Å². The lowest BCUT2D eigenvalue weighted by molar-refractivity contribution is -0.133. The van der Waals surface area contributed by atoms with E-state index in [9.17, 15) is 4.79 Å². The fourth-order valence-corrected chi connectivity index (χ4v) is 2.79. The summed E-state index contributed by atoms with van der Waals surface area (Å²) >= 11 is 3.52. The molecule has 104 valence electrons. The maximum Gasteiger partial charge on any atom is 0.315 e. The van der Waals surface area contributed by atoms with Crippen molar-refractivity contribution < 1.29 is 9.53 Å². The molecule has 0 aliphatic carbocycles. The molecule has 0 saturated heterocycles. The topological polar surface area (TPSA) is 26.3 Å². The number of benzene rings is 3. The van der Waals surface area contributed by atoms with Crippen LogP contribution in [0.25, 0.3) is 10.8 Å². The number of halogens is 1. The van der Waals surface area contributed by atoms with Crippen molar-refractivity contribution >= 4 is 32.7 Å². The van der Waals surface area contributed by atoms with Crippen molar-refractivity contribution in [3.63, 3.8) is 0 Å². The van der Waals surface area contributed by atoms with Gasteiger partial charge in [-0.2, -0.15) is 0 Å². The maximum absolute atomic E-state index is 12.0. The predicted molar refractivity (Wildman–Crippen MR) is 87.4 cm³/mol. The molecule has 3 aromatic rings. The van der Waals surface area contributed by atoms with E-state index in [0.717, 1.165) is 20.8 Å². The summed E-state index contributed by atoms with van der Waals surface area (Å²) in [6.45, 7) is 0. The molecule has 0 aliphatic heterocycles. The summed E-state index contributed by atoms with van der Waals surface area (Å²) in [6, 6.07) is 21.3. The summed E-state index contributed by atoms with van der Waals surface area (Å²) in [6.07, 6.45) is 0.264. The number of carbonyl (C=O) groups excluding carboxylic acids is 1. The summed E-state index contributed by atoms with van der Waals surface area (Å²) < 4.78 is 6.28. The number of fused-ring (bicyclic) bond motifs is 1. The van der Waals surface area contributed by atoms with E-state index in [1.54, 1.807) is 0 Å². The van der Waals surface area contributed by atoms with Gasteiger partial charge in [-0.25, -0.2) is 0 Å². The molecule has 0 amide bonds. The first-order valence-electron chi connectivity index (χ1n) is 6.66. The Kier molecular flexibility index (Phi) is 4.02. The monoisotopic (exact) mass is 340 g/mol. The molecule has 0 N–H and O–H groups in total. The van der Waals surface area contributed by atoms with Crippen molar-refractivity contribution in [3.8, 4) is 5.75 Å². The number of carbonyl (C=O) groups is 1. The Bertz CT molecular complexity index is 782. The van der Waals surface area contributed by atoms with E-state index in [4.69, 9.17) is 4.74 Å². The van der Waals surface area contributed by atoms with Gasteiger partial charge in [0, 0.05) is 0 Å². The third-order valence-electron chi connectivity index (χ3n) is 3.24. The lowest BCUT2D eigenvalue weighted by atomic mass is 10.1. The Morgan fingerprint density at radius 3 is 2.43 bits per heavy atom. The predicted octanol–water partition coefficient (Wildman–Crippen LogP) is 4.75.